The lowest BCUT2D eigenvalue weighted by Crippen LogP contribution is -2.34. The van der Waals surface area contributed by atoms with Gasteiger partial charge in [0, 0.05) is 38.4 Å². The minimum absolute atomic E-state index is 0.0454. The summed E-state index contributed by atoms with van der Waals surface area (Å²) in [4.78, 5) is 44.5. The van der Waals surface area contributed by atoms with Gasteiger partial charge in [-0.3, -0.25) is 14.9 Å². The second-order valence-electron chi connectivity index (χ2n) is 8.98. The first-order chi connectivity index (χ1) is 19.3. The zero-order valence-corrected chi connectivity index (χ0v) is 24.6. The van der Waals surface area contributed by atoms with E-state index in [0.717, 1.165) is 15.7 Å². The molecule has 0 fully saturated rings. The number of benzene rings is 3. The Bertz CT molecular complexity index is 1780. The number of nitrogens with zero attached hydrogens (tertiary/aromatic N) is 2. The quantitative estimate of drug-likeness (QED) is 0.189. The molecule has 2 aromatic heterocycles. The molecule has 40 heavy (non-hydrogen) atoms. The molecule has 0 saturated carbocycles. The minimum Gasteiger partial charge on any atom is -0.448 e. The Morgan fingerprint density at radius 1 is 1.02 bits per heavy atom. The zero-order chi connectivity index (χ0) is 28.4. The average molecular weight is 637 g/mol. The number of fused-ring (bicyclic) bond motifs is 1. The van der Waals surface area contributed by atoms with Gasteiger partial charge >= 0.3 is 5.97 Å². The third-order valence-corrected chi connectivity index (χ3v) is 7.96. The van der Waals surface area contributed by atoms with Gasteiger partial charge in [0.1, 0.15) is 5.69 Å². The highest BCUT2D eigenvalue weighted by Crippen LogP contribution is 2.32. The van der Waals surface area contributed by atoms with Gasteiger partial charge in [0.15, 0.2) is 11.2 Å². The molecule has 0 bridgehead atoms. The number of hydrogen-bond acceptors (Lipinski definition) is 6. The highest BCUT2D eigenvalue weighted by Gasteiger charge is 2.28. The lowest BCUT2D eigenvalue weighted by Gasteiger charge is -2.20. The van der Waals surface area contributed by atoms with Crippen molar-refractivity contribution >= 4 is 66.6 Å². The standard InChI is InChI=1S/C30H23BrClN3O4S/c1-3-24(27(36)34-30-33-23(16-40-30)17-8-12-19(31)13-9-17)39-29(38)26-25(18-10-14-20(32)15-11-18)21-6-4-5-7-22(21)28(37)35(26)2/h4-16,24H,3H2,1-2H3,(H,33,34,36). The second kappa shape index (κ2) is 11.8. The molecule has 7 nitrogen and oxygen atoms in total. The van der Waals surface area contributed by atoms with Crippen LogP contribution in [0.4, 0.5) is 5.13 Å². The van der Waals surface area contributed by atoms with Crippen LogP contribution in [-0.2, 0) is 16.6 Å². The molecular weight excluding hydrogens is 614 g/mol. The Hall–Kier alpha value is -3.79. The van der Waals surface area contributed by atoms with Gasteiger partial charge in [0.25, 0.3) is 11.5 Å². The van der Waals surface area contributed by atoms with E-state index in [9.17, 15) is 14.4 Å². The number of esters is 1. The molecule has 0 aliphatic heterocycles. The summed E-state index contributed by atoms with van der Waals surface area (Å²) in [6.07, 6.45) is -0.882. The molecule has 5 rings (SSSR count). The number of amides is 1. The van der Waals surface area contributed by atoms with E-state index in [4.69, 9.17) is 16.3 Å². The first-order valence-electron chi connectivity index (χ1n) is 12.4. The molecule has 5 aromatic rings. The van der Waals surface area contributed by atoms with E-state index < -0.39 is 18.0 Å². The van der Waals surface area contributed by atoms with E-state index in [1.807, 2.05) is 29.6 Å². The average Bonchev–Trinajstić information content (AvgIpc) is 3.42. The fraction of sp³-hybridized carbons (Fsp3) is 0.133. The van der Waals surface area contributed by atoms with Gasteiger partial charge in [0.2, 0.25) is 0 Å². The van der Waals surface area contributed by atoms with E-state index in [-0.39, 0.29) is 17.7 Å². The number of pyridine rings is 1. The van der Waals surface area contributed by atoms with Crippen molar-refractivity contribution in [1.29, 1.82) is 0 Å². The van der Waals surface area contributed by atoms with Gasteiger partial charge in [0.05, 0.1) is 5.69 Å². The van der Waals surface area contributed by atoms with Crippen LogP contribution in [0.15, 0.2) is 87.4 Å². The van der Waals surface area contributed by atoms with Gasteiger partial charge in [-0.15, -0.1) is 11.3 Å². The number of thiazole rings is 1. The number of rotatable bonds is 7. The number of ether oxygens (including phenoxy) is 1. The van der Waals surface area contributed by atoms with E-state index >= 15 is 0 Å². The van der Waals surface area contributed by atoms with Crippen molar-refractivity contribution in [1.82, 2.24) is 9.55 Å². The molecule has 0 radical (unpaired) electrons. The highest BCUT2D eigenvalue weighted by atomic mass is 79.9. The Morgan fingerprint density at radius 3 is 2.35 bits per heavy atom. The van der Waals surface area contributed by atoms with Crippen LogP contribution in [-0.4, -0.2) is 27.5 Å². The highest BCUT2D eigenvalue weighted by molar-refractivity contribution is 9.10. The van der Waals surface area contributed by atoms with Gasteiger partial charge in [-0.05, 0) is 47.7 Å². The molecule has 10 heteroatoms. The first kappa shape index (κ1) is 27.8. The predicted octanol–water partition coefficient (Wildman–Crippen LogP) is 7.32. The van der Waals surface area contributed by atoms with Crippen LogP contribution in [0, 0.1) is 0 Å². The van der Waals surface area contributed by atoms with Gasteiger partial charge in [-0.2, -0.15) is 0 Å². The van der Waals surface area contributed by atoms with Crippen molar-refractivity contribution in [3.05, 3.63) is 104 Å². The molecule has 1 atom stereocenters. The summed E-state index contributed by atoms with van der Waals surface area (Å²) >= 11 is 10.8. The summed E-state index contributed by atoms with van der Waals surface area (Å²) < 4.78 is 7.95. The summed E-state index contributed by atoms with van der Waals surface area (Å²) in [7, 11) is 1.52. The van der Waals surface area contributed by atoms with Gasteiger partial charge in [-0.25, -0.2) is 9.78 Å². The van der Waals surface area contributed by atoms with Crippen LogP contribution in [0.1, 0.15) is 23.8 Å². The SMILES string of the molecule is CCC(OC(=O)c1c(-c2ccc(Cl)cc2)c2ccccc2c(=O)n1C)C(=O)Nc1nc(-c2ccc(Br)cc2)cs1. The van der Waals surface area contributed by atoms with Crippen LogP contribution >= 0.6 is 38.9 Å². The van der Waals surface area contributed by atoms with Crippen LogP contribution in [0.5, 0.6) is 0 Å². The van der Waals surface area contributed by atoms with Crippen LogP contribution in [0.25, 0.3) is 33.2 Å². The third-order valence-electron chi connectivity index (χ3n) is 6.42. The van der Waals surface area contributed by atoms with E-state index in [2.05, 4.69) is 26.2 Å². The summed E-state index contributed by atoms with van der Waals surface area (Å²) in [5.41, 5.74) is 2.53. The maximum Gasteiger partial charge on any atom is 0.356 e. The molecule has 3 aromatic carbocycles. The summed E-state index contributed by atoms with van der Waals surface area (Å²) in [6, 6.07) is 21.7. The molecule has 1 unspecified atom stereocenters. The Kier molecular flexibility index (Phi) is 8.16. The van der Waals surface area contributed by atoms with Crippen molar-refractivity contribution in [2.45, 2.75) is 19.4 Å². The van der Waals surface area contributed by atoms with E-state index in [0.29, 0.717) is 32.1 Å². The molecule has 1 amide bonds. The molecule has 0 aliphatic carbocycles. The first-order valence-corrected chi connectivity index (χ1v) is 14.4. The maximum atomic E-state index is 13.7. The topological polar surface area (TPSA) is 90.3 Å². The predicted molar refractivity (Wildman–Crippen MR) is 163 cm³/mol. The van der Waals surface area contributed by atoms with E-state index in [1.165, 1.54) is 23.0 Å². The number of aromatic nitrogens is 2. The van der Waals surface area contributed by atoms with Crippen molar-refractivity contribution in [3.63, 3.8) is 0 Å². The number of carbonyl (C=O) groups excluding carboxylic acids is 2. The minimum atomic E-state index is -1.10. The molecule has 0 aliphatic rings. The largest absolute Gasteiger partial charge is 0.448 e. The molecule has 202 valence electrons. The van der Waals surface area contributed by atoms with Gasteiger partial charge < -0.3 is 9.30 Å². The number of anilines is 1. The van der Waals surface area contributed by atoms with Crippen molar-refractivity contribution in [3.8, 4) is 22.4 Å². The van der Waals surface area contributed by atoms with Crippen LogP contribution < -0.4 is 10.9 Å². The molecule has 0 spiro atoms. The smallest absolute Gasteiger partial charge is 0.356 e. The van der Waals surface area contributed by atoms with Crippen molar-refractivity contribution < 1.29 is 14.3 Å². The monoisotopic (exact) mass is 635 g/mol. The fourth-order valence-corrected chi connectivity index (χ4v) is 5.50. The zero-order valence-electron chi connectivity index (χ0n) is 21.5. The van der Waals surface area contributed by atoms with E-state index in [1.54, 1.807) is 55.5 Å². The Morgan fingerprint density at radius 2 is 1.68 bits per heavy atom. The Balaban J connectivity index is 1.45. The number of carbonyl (C=O) groups is 2. The van der Waals surface area contributed by atoms with Crippen LogP contribution in [0.2, 0.25) is 5.02 Å². The summed E-state index contributed by atoms with van der Waals surface area (Å²) in [5.74, 6) is -1.29. The van der Waals surface area contributed by atoms with Gasteiger partial charge in [-0.1, -0.05) is 76.9 Å². The van der Waals surface area contributed by atoms with Crippen molar-refractivity contribution in [2.24, 2.45) is 7.05 Å². The van der Waals surface area contributed by atoms with Crippen molar-refractivity contribution in [2.75, 3.05) is 5.32 Å². The normalized spacial score (nSPS) is 11.8. The molecule has 0 saturated heterocycles. The maximum absolute atomic E-state index is 13.7. The van der Waals surface area contributed by atoms with Crippen LogP contribution in [0.3, 0.4) is 0 Å². The number of nitrogens with one attached hydrogen (secondary N) is 1. The second-order valence-corrected chi connectivity index (χ2v) is 11.2. The summed E-state index contributed by atoms with van der Waals surface area (Å²) in [5, 5.41) is 6.58. The lowest BCUT2D eigenvalue weighted by atomic mass is 9.96. The fourth-order valence-electron chi connectivity index (χ4n) is 4.39. The molecular formula is C30H23BrClN3O4S. The Labute approximate surface area is 247 Å². The third kappa shape index (κ3) is 5.58. The lowest BCUT2D eigenvalue weighted by molar-refractivity contribution is -0.124. The number of halogens is 2. The summed E-state index contributed by atoms with van der Waals surface area (Å²) in [6.45, 7) is 1.74. The number of hydrogen-bond donors (Lipinski definition) is 1. The molecule has 1 N–H and O–H groups in total. The molecule has 2 heterocycles.